The lowest BCUT2D eigenvalue weighted by molar-refractivity contribution is 0.273. The van der Waals surface area contributed by atoms with E-state index in [1.54, 1.807) is 0 Å². The summed E-state index contributed by atoms with van der Waals surface area (Å²) in [4.78, 5) is 9.70. The molecule has 0 amide bonds. The molecular weight excluding hydrogens is 290 g/mol. The number of halogens is 1. The molecule has 0 aliphatic carbocycles. The van der Waals surface area contributed by atoms with Crippen molar-refractivity contribution in [2.24, 2.45) is 0 Å². The molecule has 3 heterocycles. The van der Waals surface area contributed by atoms with E-state index in [1.165, 1.54) is 37.9 Å². The van der Waals surface area contributed by atoms with Gasteiger partial charge in [0.2, 0.25) is 0 Å². The second-order valence-corrected chi connectivity index (χ2v) is 6.19. The molecule has 0 N–H and O–H groups in total. The molecule has 1 aromatic rings. The SMILES string of the molecule is Cc1ccnc(N2CCCN3CCCC3C2)c1Br. The van der Waals surface area contributed by atoms with E-state index < -0.39 is 0 Å². The first-order chi connectivity index (χ1) is 8.75. The summed E-state index contributed by atoms with van der Waals surface area (Å²) in [6.07, 6.45) is 5.88. The molecule has 1 unspecified atom stereocenters. The molecule has 18 heavy (non-hydrogen) atoms. The van der Waals surface area contributed by atoms with E-state index in [9.17, 15) is 0 Å². The van der Waals surface area contributed by atoms with Crippen LogP contribution in [0.1, 0.15) is 24.8 Å². The predicted molar refractivity (Wildman–Crippen MR) is 78.1 cm³/mol. The summed E-state index contributed by atoms with van der Waals surface area (Å²) in [5.74, 6) is 1.13. The van der Waals surface area contributed by atoms with Gasteiger partial charge in [0, 0.05) is 31.9 Å². The van der Waals surface area contributed by atoms with E-state index in [-0.39, 0.29) is 0 Å². The lowest BCUT2D eigenvalue weighted by Gasteiger charge is -2.27. The maximum atomic E-state index is 4.58. The van der Waals surface area contributed by atoms with Crippen LogP contribution >= 0.6 is 15.9 Å². The molecule has 4 heteroatoms. The van der Waals surface area contributed by atoms with Gasteiger partial charge in [-0.3, -0.25) is 4.90 Å². The van der Waals surface area contributed by atoms with Crippen molar-refractivity contribution in [2.75, 3.05) is 31.1 Å². The third-order valence-electron chi connectivity index (χ3n) is 4.17. The summed E-state index contributed by atoms with van der Waals surface area (Å²) in [6, 6.07) is 2.80. The molecule has 2 fully saturated rings. The number of anilines is 1. The Bertz CT molecular complexity index is 435. The van der Waals surface area contributed by atoms with Gasteiger partial charge >= 0.3 is 0 Å². The Morgan fingerprint density at radius 2 is 2.11 bits per heavy atom. The maximum absolute atomic E-state index is 4.58. The lowest BCUT2D eigenvalue weighted by atomic mass is 10.2. The van der Waals surface area contributed by atoms with Gasteiger partial charge in [-0.25, -0.2) is 4.98 Å². The van der Waals surface area contributed by atoms with Crippen LogP contribution in [0.4, 0.5) is 5.82 Å². The predicted octanol–water partition coefficient (Wildman–Crippen LogP) is 2.83. The van der Waals surface area contributed by atoms with Crippen LogP contribution in [-0.2, 0) is 0 Å². The Kier molecular flexibility index (Phi) is 3.57. The first-order valence-corrected chi connectivity index (χ1v) is 7.65. The van der Waals surface area contributed by atoms with Gasteiger partial charge in [0.1, 0.15) is 5.82 Å². The van der Waals surface area contributed by atoms with Crippen molar-refractivity contribution in [1.82, 2.24) is 9.88 Å². The number of hydrogen-bond donors (Lipinski definition) is 0. The summed E-state index contributed by atoms with van der Waals surface area (Å²) >= 11 is 3.70. The minimum Gasteiger partial charge on any atom is -0.354 e. The van der Waals surface area contributed by atoms with Crippen LogP contribution in [0.2, 0.25) is 0 Å². The van der Waals surface area contributed by atoms with E-state index in [0.29, 0.717) is 0 Å². The fraction of sp³-hybridized carbons (Fsp3) is 0.643. The molecule has 0 bridgehead atoms. The van der Waals surface area contributed by atoms with Crippen LogP contribution in [0, 0.1) is 6.92 Å². The quantitative estimate of drug-likeness (QED) is 0.795. The number of pyridine rings is 1. The molecule has 1 aromatic heterocycles. The molecule has 1 atom stereocenters. The van der Waals surface area contributed by atoms with Gasteiger partial charge in [0.25, 0.3) is 0 Å². The van der Waals surface area contributed by atoms with E-state index >= 15 is 0 Å². The van der Waals surface area contributed by atoms with Gasteiger partial charge in [-0.2, -0.15) is 0 Å². The monoisotopic (exact) mass is 309 g/mol. The number of fused-ring (bicyclic) bond motifs is 1. The van der Waals surface area contributed by atoms with Gasteiger partial charge in [-0.05, 0) is 60.3 Å². The van der Waals surface area contributed by atoms with Crippen LogP contribution in [0.3, 0.4) is 0 Å². The van der Waals surface area contributed by atoms with Crippen molar-refractivity contribution in [3.05, 3.63) is 22.3 Å². The number of rotatable bonds is 1. The highest BCUT2D eigenvalue weighted by Gasteiger charge is 2.29. The van der Waals surface area contributed by atoms with Crippen molar-refractivity contribution >= 4 is 21.7 Å². The number of nitrogens with zero attached hydrogens (tertiary/aromatic N) is 3. The second kappa shape index (κ2) is 5.17. The number of aromatic nitrogens is 1. The van der Waals surface area contributed by atoms with Gasteiger partial charge in [0.05, 0.1) is 4.47 Å². The van der Waals surface area contributed by atoms with Crippen molar-refractivity contribution in [3.63, 3.8) is 0 Å². The van der Waals surface area contributed by atoms with Gasteiger partial charge < -0.3 is 4.90 Å². The van der Waals surface area contributed by atoms with E-state index in [1.807, 2.05) is 6.20 Å². The van der Waals surface area contributed by atoms with Crippen molar-refractivity contribution in [1.29, 1.82) is 0 Å². The highest BCUT2D eigenvalue weighted by atomic mass is 79.9. The summed E-state index contributed by atoms with van der Waals surface area (Å²) in [5.41, 5.74) is 1.27. The minimum absolute atomic E-state index is 0.738. The highest BCUT2D eigenvalue weighted by molar-refractivity contribution is 9.10. The number of hydrogen-bond acceptors (Lipinski definition) is 3. The normalized spacial score (nSPS) is 25.0. The smallest absolute Gasteiger partial charge is 0.143 e. The molecule has 0 spiro atoms. The Labute approximate surface area is 117 Å². The molecule has 2 aliphatic heterocycles. The van der Waals surface area contributed by atoms with Crippen LogP contribution in [-0.4, -0.2) is 42.1 Å². The fourth-order valence-electron chi connectivity index (χ4n) is 3.15. The zero-order chi connectivity index (χ0) is 12.5. The highest BCUT2D eigenvalue weighted by Crippen LogP contribution is 2.30. The van der Waals surface area contributed by atoms with Gasteiger partial charge in [-0.15, -0.1) is 0 Å². The molecule has 3 rings (SSSR count). The lowest BCUT2D eigenvalue weighted by Crippen LogP contribution is -2.37. The zero-order valence-corrected chi connectivity index (χ0v) is 12.5. The molecule has 2 aliphatic rings. The van der Waals surface area contributed by atoms with E-state index in [2.05, 4.69) is 43.7 Å². The summed E-state index contributed by atoms with van der Waals surface area (Å²) in [6.45, 7) is 6.94. The van der Waals surface area contributed by atoms with E-state index in [0.717, 1.165) is 29.4 Å². The second-order valence-electron chi connectivity index (χ2n) is 5.40. The summed E-state index contributed by atoms with van der Waals surface area (Å²) in [7, 11) is 0. The minimum atomic E-state index is 0.738. The van der Waals surface area contributed by atoms with Crippen LogP contribution in [0.25, 0.3) is 0 Å². The van der Waals surface area contributed by atoms with Gasteiger partial charge in [-0.1, -0.05) is 0 Å². The van der Waals surface area contributed by atoms with Gasteiger partial charge in [0.15, 0.2) is 0 Å². The topological polar surface area (TPSA) is 19.4 Å². The Hall–Kier alpha value is -0.610. The van der Waals surface area contributed by atoms with Crippen LogP contribution in [0.15, 0.2) is 16.7 Å². The zero-order valence-electron chi connectivity index (χ0n) is 10.9. The molecule has 0 aromatic carbocycles. The maximum Gasteiger partial charge on any atom is 0.143 e. The molecule has 0 saturated carbocycles. The van der Waals surface area contributed by atoms with Crippen molar-refractivity contribution in [2.45, 2.75) is 32.2 Å². The first-order valence-electron chi connectivity index (χ1n) is 6.86. The van der Waals surface area contributed by atoms with Crippen LogP contribution in [0.5, 0.6) is 0 Å². The molecule has 0 radical (unpaired) electrons. The summed E-state index contributed by atoms with van der Waals surface area (Å²) < 4.78 is 1.16. The average molecular weight is 310 g/mol. The third kappa shape index (κ3) is 2.28. The largest absolute Gasteiger partial charge is 0.354 e. The van der Waals surface area contributed by atoms with Crippen LogP contribution < -0.4 is 4.90 Å². The standard InChI is InChI=1S/C14H20BrN3/c1-11-5-6-16-14(13(11)15)18-9-3-8-17-7-2-4-12(17)10-18/h5-6,12H,2-4,7-10H2,1H3. The molecule has 2 saturated heterocycles. The Balaban J connectivity index is 1.85. The van der Waals surface area contributed by atoms with Crippen molar-refractivity contribution < 1.29 is 0 Å². The average Bonchev–Trinajstić information content (AvgIpc) is 2.70. The Morgan fingerprint density at radius 1 is 1.28 bits per heavy atom. The van der Waals surface area contributed by atoms with E-state index in [4.69, 9.17) is 0 Å². The first kappa shape index (κ1) is 12.4. The molecule has 98 valence electrons. The molecular formula is C14H20BrN3. The third-order valence-corrected chi connectivity index (χ3v) is 5.15. The number of aryl methyl sites for hydroxylation is 1. The summed E-state index contributed by atoms with van der Waals surface area (Å²) in [5, 5.41) is 0. The van der Waals surface area contributed by atoms with Crippen molar-refractivity contribution in [3.8, 4) is 0 Å². The fourth-order valence-corrected chi connectivity index (χ4v) is 3.63. The Morgan fingerprint density at radius 3 is 3.00 bits per heavy atom. The molecule has 3 nitrogen and oxygen atoms in total.